The van der Waals surface area contributed by atoms with E-state index in [1.807, 2.05) is 24.3 Å². The highest BCUT2D eigenvalue weighted by molar-refractivity contribution is 5.94. The SMILES string of the molecule is COc1ccc(NC(=O)C2CCCCN2)cc1.Cl. The van der Waals surface area contributed by atoms with E-state index in [2.05, 4.69) is 10.6 Å². The lowest BCUT2D eigenvalue weighted by Gasteiger charge is -2.22. The lowest BCUT2D eigenvalue weighted by Crippen LogP contribution is -2.43. The zero-order valence-electron chi connectivity index (χ0n) is 10.4. The zero-order chi connectivity index (χ0) is 12.1. The van der Waals surface area contributed by atoms with Gasteiger partial charge in [0.25, 0.3) is 0 Å². The molecule has 1 atom stereocenters. The molecule has 1 aliphatic heterocycles. The number of rotatable bonds is 3. The lowest BCUT2D eigenvalue weighted by atomic mass is 10.0. The Labute approximate surface area is 114 Å². The second kappa shape index (κ2) is 7.24. The highest BCUT2D eigenvalue weighted by atomic mass is 35.5. The fourth-order valence-corrected chi connectivity index (χ4v) is 1.98. The van der Waals surface area contributed by atoms with Gasteiger partial charge in [0.05, 0.1) is 13.2 Å². The molecule has 1 amide bonds. The van der Waals surface area contributed by atoms with Crippen LogP contribution in [0.4, 0.5) is 5.69 Å². The summed E-state index contributed by atoms with van der Waals surface area (Å²) in [6, 6.07) is 7.32. The number of nitrogens with one attached hydrogen (secondary N) is 2. The van der Waals surface area contributed by atoms with Crippen molar-refractivity contribution in [2.45, 2.75) is 25.3 Å². The minimum Gasteiger partial charge on any atom is -0.497 e. The highest BCUT2D eigenvalue weighted by Gasteiger charge is 2.20. The summed E-state index contributed by atoms with van der Waals surface area (Å²) in [5, 5.41) is 6.13. The largest absolute Gasteiger partial charge is 0.497 e. The van der Waals surface area contributed by atoms with Gasteiger partial charge in [-0.25, -0.2) is 0 Å². The minimum atomic E-state index is -0.0501. The van der Waals surface area contributed by atoms with Gasteiger partial charge in [-0.05, 0) is 43.7 Å². The Bertz CT molecular complexity index is 375. The minimum absolute atomic E-state index is 0. The van der Waals surface area contributed by atoms with Crippen molar-refractivity contribution in [2.75, 3.05) is 19.0 Å². The van der Waals surface area contributed by atoms with Crippen LogP contribution < -0.4 is 15.4 Å². The van der Waals surface area contributed by atoms with Crippen molar-refractivity contribution in [3.05, 3.63) is 24.3 Å². The van der Waals surface area contributed by atoms with Gasteiger partial charge in [0.2, 0.25) is 5.91 Å². The molecule has 5 heteroatoms. The van der Waals surface area contributed by atoms with E-state index in [-0.39, 0.29) is 24.4 Å². The molecule has 0 aromatic heterocycles. The smallest absolute Gasteiger partial charge is 0.241 e. The van der Waals surface area contributed by atoms with E-state index in [4.69, 9.17) is 4.74 Å². The number of benzene rings is 1. The van der Waals surface area contributed by atoms with E-state index in [0.29, 0.717) is 0 Å². The van der Waals surface area contributed by atoms with E-state index in [0.717, 1.165) is 37.2 Å². The van der Waals surface area contributed by atoms with Crippen LogP contribution in [-0.2, 0) is 4.79 Å². The number of carbonyl (C=O) groups excluding carboxylic acids is 1. The van der Waals surface area contributed by atoms with Crippen molar-refractivity contribution in [3.8, 4) is 5.75 Å². The summed E-state index contributed by atoms with van der Waals surface area (Å²) in [5.74, 6) is 0.841. The Hall–Kier alpha value is -1.26. The van der Waals surface area contributed by atoms with Crippen LogP contribution in [-0.4, -0.2) is 25.6 Å². The van der Waals surface area contributed by atoms with Crippen LogP contribution in [0.2, 0.25) is 0 Å². The molecule has 4 nitrogen and oxygen atoms in total. The predicted octanol–water partition coefficient (Wildman–Crippen LogP) is 2.20. The van der Waals surface area contributed by atoms with Crippen LogP contribution >= 0.6 is 12.4 Å². The molecule has 1 aromatic carbocycles. The Kier molecular flexibility index (Phi) is 5.95. The number of anilines is 1. The van der Waals surface area contributed by atoms with Crippen molar-refractivity contribution in [1.82, 2.24) is 5.32 Å². The third-order valence-corrected chi connectivity index (χ3v) is 2.98. The second-order valence-corrected chi connectivity index (χ2v) is 4.22. The predicted molar refractivity (Wildman–Crippen MR) is 74.5 cm³/mol. The summed E-state index contributed by atoms with van der Waals surface area (Å²) < 4.78 is 5.07. The maximum atomic E-state index is 11.9. The number of piperidine rings is 1. The molecule has 0 bridgehead atoms. The molecular formula is C13H19ClN2O2. The standard InChI is InChI=1S/C13H18N2O2.ClH/c1-17-11-7-5-10(6-8-11)15-13(16)12-4-2-3-9-14-12;/h5-8,12,14H,2-4,9H2,1H3,(H,15,16);1H. The van der Waals surface area contributed by atoms with Gasteiger partial charge in [-0.2, -0.15) is 0 Å². The van der Waals surface area contributed by atoms with Crippen molar-refractivity contribution in [3.63, 3.8) is 0 Å². The molecule has 1 fully saturated rings. The molecule has 1 aromatic rings. The zero-order valence-corrected chi connectivity index (χ0v) is 11.3. The Morgan fingerprint density at radius 1 is 1.33 bits per heavy atom. The average Bonchev–Trinajstić information content (AvgIpc) is 2.40. The maximum absolute atomic E-state index is 11.9. The van der Waals surface area contributed by atoms with E-state index < -0.39 is 0 Å². The van der Waals surface area contributed by atoms with Gasteiger partial charge >= 0.3 is 0 Å². The van der Waals surface area contributed by atoms with Crippen LogP contribution in [0.25, 0.3) is 0 Å². The molecule has 1 saturated heterocycles. The summed E-state index contributed by atoms with van der Waals surface area (Å²) in [7, 11) is 1.62. The summed E-state index contributed by atoms with van der Waals surface area (Å²) in [4.78, 5) is 11.9. The van der Waals surface area contributed by atoms with E-state index in [1.165, 1.54) is 0 Å². The summed E-state index contributed by atoms with van der Waals surface area (Å²) >= 11 is 0. The molecule has 1 aliphatic rings. The molecule has 0 spiro atoms. The molecule has 2 rings (SSSR count). The number of carbonyl (C=O) groups is 1. The first-order valence-corrected chi connectivity index (χ1v) is 5.98. The van der Waals surface area contributed by atoms with Crippen molar-refractivity contribution in [2.24, 2.45) is 0 Å². The quantitative estimate of drug-likeness (QED) is 0.885. The lowest BCUT2D eigenvalue weighted by molar-refractivity contribution is -0.118. The number of halogens is 1. The Balaban J connectivity index is 0.00000162. The molecule has 2 N–H and O–H groups in total. The topological polar surface area (TPSA) is 50.4 Å². The Morgan fingerprint density at radius 2 is 2.06 bits per heavy atom. The first-order valence-electron chi connectivity index (χ1n) is 5.98. The van der Waals surface area contributed by atoms with Gasteiger partial charge in [-0.3, -0.25) is 4.79 Å². The van der Waals surface area contributed by atoms with Gasteiger partial charge in [-0.15, -0.1) is 12.4 Å². The first-order chi connectivity index (χ1) is 8.29. The molecule has 18 heavy (non-hydrogen) atoms. The number of amides is 1. The summed E-state index contributed by atoms with van der Waals surface area (Å²) in [5.41, 5.74) is 0.808. The first kappa shape index (κ1) is 14.8. The Morgan fingerprint density at radius 3 is 2.61 bits per heavy atom. The van der Waals surface area contributed by atoms with Crippen LogP contribution in [0.3, 0.4) is 0 Å². The average molecular weight is 271 g/mol. The molecule has 100 valence electrons. The monoisotopic (exact) mass is 270 g/mol. The van der Waals surface area contributed by atoms with E-state index in [1.54, 1.807) is 7.11 Å². The summed E-state index contributed by atoms with van der Waals surface area (Å²) in [6.45, 7) is 0.931. The maximum Gasteiger partial charge on any atom is 0.241 e. The molecule has 0 radical (unpaired) electrons. The van der Waals surface area contributed by atoms with Gasteiger partial charge < -0.3 is 15.4 Å². The molecule has 0 saturated carbocycles. The van der Waals surface area contributed by atoms with Crippen molar-refractivity contribution < 1.29 is 9.53 Å². The normalized spacial score (nSPS) is 18.6. The van der Waals surface area contributed by atoms with Crippen LogP contribution in [0.15, 0.2) is 24.3 Å². The van der Waals surface area contributed by atoms with E-state index >= 15 is 0 Å². The number of hydrogen-bond acceptors (Lipinski definition) is 3. The molecule has 1 unspecified atom stereocenters. The van der Waals surface area contributed by atoms with Crippen LogP contribution in [0.1, 0.15) is 19.3 Å². The third-order valence-electron chi connectivity index (χ3n) is 2.98. The number of methoxy groups -OCH3 is 1. The van der Waals surface area contributed by atoms with Crippen molar-refractivity contribution >= 4 is 24.0 Å². The molecular weight excluding hydrogens is 252 g/mol. The fourth-order valence-electron chi connectivity index (χ4n) is 1.98. The molecule has 0 aliphatic carbocycles. The third kappa shape index (κ3) is 3.89. The van der Waals surface area contributed by atoms with Gasteiger partial charge in [0.15, 0.2) is 0 Å². The van der Waals surface area contributed by atoms with Gasteiger partial charge in [0.1, 0.15) is 5.75 Å². The van der Waals surface area contributed by atoms with Crippen LogP contribution in [0, 0.1) is 0 Å². The summed E-state index contributed by atoms with van der Waals surface area (Å²) in [6.07, 6.45) is 3.20. The second-order valence-electron chi connectivity index (χ2n) is 4.22. The van der Waals surface area contributed by atoms with Crippen LogP contribution in [0.5, 0.6) is 5.75 Å². The van der Waals surface area contributed by atoms with Gasteiger partial charge in [0, 0.05) is 5.69 Å². The number of hydrogen-bond donors (Lipinski definition) is 2. The number of ether oxygens (including phenoxy) is 1. The van der Waals surface area contributed by atoms with Crippen molar-refractivity contribution in [1.29, 1.82) is 0 Å². The molecule has 1 heterocycles. The highest BCUT2D eigenvalue weighted by Crippen LogP contribution is 2.16. The van der Waals surface area contributed by atoms with E-state index in [9.17, 15) is 4.79 Å². The fraction of sp³-hybridized carbons (Fsp3) is 0.462. The van der Waals surface area contributed by atoms with Gasteiger partial charge in [-0.1, -0.05) is 6.42 Å².